The average molecular weight is 398 g/mol. The lowest BCUT2D eigenvalue weighted by atomic mass is 10.2. The lowest BCUT2D eigenvalue weighted by molar-refractivity contribution is 0.414. The van der Waals surface area contributed by atoms with Crippen LogP contribution in [0.4, 0.5) is 0 Å². The molecule has 0 aliphatic rings. The van der Waals surface area contributed by atoms with Crippen molar-refractivity contribution in [1.29, 1.82) is 0 Å². The molecule has 0 saturated carbocycles. The van der Waals surface area contributed by atoms with Crippen molar-refractivity contribution < 1.29 is 13.2 Å². The number of benzene rings is 2. The van der Waals surface area contributed by atoms with Crippen LogP contribution < -0.4 is 9.46 Å². The van der Waals surface area contributed by atoms with Gasteiger partial charge in [0.2, 0.25) is 10.0 Å². The van der Waals surface area contributed by atoms with Gasteiger partial charge in [-0.15, -0.1) is 0 Å². The van der Waals surface area contributed by atoms with E-state index in [1.807, 2.05) is 54.6 Å². The molecule has 0 aliphatic carbocycles. The summed E-state index contributed by atoms with van der Waals surface area (Å²) in [4.78, 5) is 8.71. The number of hydrogen-bond acceptors (Lipinski definition) is 5. The highest BCUT2D eigenvalue weighted by Crippen LogP contribution is 2.14. The number of sulfonamides is 1. The molecular weight excluding hydrogens is 374 g/mol. The lowest BCUT2D eigenvalue weighted by Gasteiger charge is -2.08. The van der Waals surface area contributed by atoms with Gasteiger partial charge >= 0.3 is 0 Å². The maximum atomic E-state index is 12.2. The van der Waals surface area contributed by atoms with E-state index >= 15 is 0 Å². The van der Waals surface area contributed by atoms with Crippen LogP contribution in [0, 0.1) is 0 Å². The summed E-state index contributed by atoms with van der Waals surface area (Å²) < 4.78 is 32.1. The number of methoxy groups -OCH3 is 1. The molecule has 28 heavy (non-hydrogen) atoms. The van der Waals surface area contributed by atoms with E-state index in [1.165, 1.54) is 0 Å². The van der Waals surface area contributed by atoms with Crippen molar-refractivity contribution in [3.63, 3.8) is 0 Å². The fraction of sp³-hybridized carbons (Fsp3) is 0.238. The molecular formula is C21H23N3O3S. The second-order valence-corrected chi connectivity index (χ2v) is 8.27. The number of aromatic nitrogens is 2. The average Bonchev–Trinajstić information content (AvgIpc) is 2.74. The lowest BCUT2D eigenvalue weighted by Crippen LogP contribution is -2.29. The second kappa shape index (κ2) is 9.43. The zero-order valence-electron chi connectivity index (χ0n) is 15.7. The molecule has 0 unspecified atom stereocenters. The van der Waals surface area contributed by atoms with Crippen molar-refractivity contribution in [2.24, 2.45) is 0 Å². The summed E-state index contributed by atoms with van der Waals surface area (Å²) in [6, 6.07) is 17.1. The van der Waals surface area contributed by atoms with E-state index in [0.29, 0.717) is 25.2 Å². The number of nitrogens with zero attached hydrogens (tertiary/aromatic N) is 2. The molecule has 3 rings (SSSR count). The van der Waals surface area contributed by atoms with Crippen LogP contribution in [0.2, 0.25) is 0 Å². The molecule has 0 bridgehead atoms. The molecule has 6 nitrogen and oxygen atoms in total. The first kappa shape index (κ1) is 20.0. The number of nitrogens with one attached hydrogen (secondary N) is 1. The summed E-state index contributed by atoms with van der Waals surface area (Å²) >= 11 is 0. The Kier molecular flexibility index (Phi) is 6.73. The van der Waals surface area contributed by atoms with Crippen molar-refractivity contribution in [1.82, 2.24) is 14.7 Å². The van der Waals surface area contributed by atoms with E-state index in [0.717, 1.165) is 22.4 Å². The fourth-order valence-electron chi connectivity index (χ4n) is 2.69. The van der Waals surface area contributed by atoms with Gasteiger partial charge in [0.1, 0.15) is 5.75 Å². The van der Waals surface area contributed by atoms with E-state index in [1.54, 1.807) is 19.5 Å². The molecule has 0 aliphatic heterocycles. The quantitative estimate of drug-likeness (QED) is 0.600. The summed E-state index contributed by atoms with van der Waals surface area (Å²) in [6.45, 7) is 0.318. The number of ether oxygens (including phenoxy) is 1. The Balaban J connectivity index is 1.46. The molecule has 1 heterocycles. The Morgan fingerprint density at radius 2 is 1.57 bits per heavy atom. The zero-order chi connectivity index (χ0) is 19.8. The van der Waals surface area contributed by atoms with Gasteiger partial charge in [-0.1, -0.05) is 42.5 Å². The fourth-order valence-corrected chi connectivity index (χ4v) is 3.75. The van der Waals surface area contributed by atoms with Crippen molar-refractivity contribution in [2.75, 3.05) is 19.4 Å². The molecule has 1 aromatic heterocycles. The van der Waals surface area contributed by atoms with Gasteiger partial charge in [0.05, 0.1) is 12.9 Å². The third kappa shape index (κ3) is 5.87. The molecule has 0 atom stereocenters. The first-order valence-electron chi connectivity index (χ1n) is 9.02. The summed E-state index contributed by atoms with van der Waals surface area (Å²) in [5, 5.41) is 0. The monoisotopic (exact) mass is 397 g/mol. The predicted octanol–water partition coefficient (Wildman–Crippen LogP) is 2.86. The van der Waals surface area contributed by atoms with Gasteiger partial charge in [0, 0.05) is 24.5 Å². The molecule has 146 valence electrons. The Morgan fingerprint density at radius 3 is 2.21 bits per heavy atom. The zero-order valence-corrected chi connectivity index (χ0v) is 16.5. The molecule has 7 heteroatoms. The van der Waals surface area contributed by atoms with Gasteiger partial charge in [0.25, 0.3) is 0 Å². The van der Waals surface area contributed by atoms with Gasteiger partial charge in [-0.3, -0.25) is 0 Å². The molecule has 0 fully saturated rings. The first-order valence-corrected chi connectivity index (χ1v) is 10.7. The highest BCUT2D eigenvalue weighted by molar-refractivity contribution is 7.89. The highest BCUT2D eigenvalue weighted by atomic mass is 32.2. The minimum atomic E-state index is -3.34. The third-order valence-electron chi connectivity index (χ3n) is 4.29. The van der Waals surface area contributed by atoms with Crippen molar-refractivity contribution in [2.45, 2.75) is 12.8 Å². The first-order chi connectivity index (χ1) is 13.6. The largest absolute Gasteiger partial charge is 0.497 e. The van der Waals surface area contributed by atoms with Crippen LogP contribution in [-0.4, -0.2) is 37.8 Å². The molecule has 0 spiro atoms. The number of aryl methyl sites for hydroxylation is 1. The van der Waals surface area contributed by atoms with E-state index in [2.05, 4.69) is 14.7 Å². The number of rotatable bonds is 9. The van der Waals surface area contributed by atoms with Crippen LogP contribution >= 0.6 is 0 Å². The maximum Gasteiger partial charge on any atom is 0.211 e. The Hall–Kier alpha value is -2.77. The summed E-state index contributed by atoms with van der Waals surface area (Å²) in [7, 11) is -1.74. The summed E-state index contributed by atoms with van der Waals surface area (Å²) in [5.41, 5.74) is 2.79. The van der Waals surface area contributed by atoms with Crippen LogP contribution in [0.15, 0.2) is 67.0 Å². The molecule has 3 aromatic rings. The van der Waals surface area contributed by atoms with E-state index in [-0.39, 0.29) is 5.75 Å². The van der Waals surface area contributed by atoms with Crippen LogP contribution in [0.1, 0.15) is 11.1 Å². The van der Waals surface area contributed by atoms with Crippen molar-refractivity contribution in [3.8, 4) is 17.1 Å². The topological polar surface area (TPSA) is 81.2 Å². The molecule has 1 N–H and O–H groups in total. The third-order valence-corrected chi connectivity index (χ3v) is 5.68. The van der Waals surface area contributed by atoms with Crippen LogP contribution in [0.3, 0.4) is 0 Å². The van der Waals surface area contributed by atoms with Crippen molar-refractivity contribution >= 4 is 10.0 Å². The summed E-state index contributed by atoms with van der Waals surface area (Å²) in [6.07, 6.45) is 4.47. The normalized spacial score (nSPS) is 11.3. The smallest absolute Gasteiger partial charge is 0.211 e. The highest BCUT2D eigenvalue weighted by Gasteiger charge is 2.10. The van der Waals surface area contributed by atoms with Crippen LogP contribution in [0.5, 0.6) is 5.75 Å². The Labute approximate surface area is 165 Å². The number of hydrogen-bond donors (Lipinski definition) is 1. The minimum absolute atomic E-state index is 0.0444. The van der Waals surface area contributed by atoms with Crippen molar-refractivity contribution in [3.05, 3.63) is 78.1 Å². The molecule has 0 saturated heterocycles. The van der Waals surface area contributed by atoms with Crippen LogP contribution in [0.25, 0.3) is 11.4 Å². The van der Waals surface area contributed by atoms with E-state index in [4.69, 9.17) is 4.74 Å². The maximum absolute atomic E-state index is 12.2. The van der Waals surface area contributed by atoms with Gasteiger partial charge in [0.15, 0.2) is 5.82 Å². The van der Waals surface area contributed by atoms with Gasteiger partial charge in [-0.05, 0) is 36.1 Å². The second-order valence-electron chi connectivity index (χ2n) is 6.34. The summed E-state index contributed by atoms with van der Waals surface area (Å²) in [5.74, 6) is 1.46. The minimum Gasteiger partial charge on any atom is -0.497 e. The van der Waals surface area contributed by atoms with E-state index < -0.39 is 10.0 Å². The van der Waals surface area contributed by atoms with Gasteiger partial charge in [-0.25, -0.2) is 23.1 Å². The molecule has 0 amide bonds. The predicted molar refractivity (Wildman–Crippen MR) is 110 cm³/mol. The molecule has 0 radical (unpaired) electrons. The Bertz CT molecular complexity index is 974. The molecule has 2 aromatic carbocycles. The van der Waals surface area contributed by atoms with E-state index in [9.17, 15) is 8.42 Å². The van der Waals surface area contributed by atoms with Crippen LogP contribution in [-0.2, 0) is 22.9 Å². The standard InChI is InChI=1S/C21H23N3O3S/c1-27-20-9-7-17(8-10-20)12-14-28(25,26)24-13-11-18-15-22-21(23-16-18)19-5-3-2-4-6-19/h2-10,15-16,24H,11-14H2,1H3. The Morgan fingerprint density at radius 1 is 0.893 bits per heavy atom. The van der Waals surface area contributed by atoms with Gasteiger partial charge in [-0.2, -0.15) is 0 Å². The SMILES string of the molecule is COc1ccc(CCS(=O)(=O)NCCc2cnc(-c3ccccc3)nc2)cc1. The van der Waals surface area contributed by atoms with Gasteiger partial charge < -0.3 is 4.74 Å².